The smallest absolute Gasteiger partial charge is 0.0390 e. The number of hydrogen-bond donors (Lipinski definition) is 1. The van der Waals surface area contributed by atoms with Crippen LogP contribution in [0.25, 0.3) is 22.3 Å². The van der Waals surface area contributed by atoms with Gasteiger partial charge in [-0.3, -0.25) is 0 Å². The largest absolute Gasteiger partial charge is 0.355 e. The number of rotatable bonds is 2. The van der Waals surface area contributed by atoms with Crippen molar-refractivity contribution in [3.63, 3.8) is 0 Å². The molecule has 0 aromatic heterocycles. The van der Waals surface area contributed by atoms with Gasteiger partial charge in [-0.2, -0.15) is 0 Å². The maximum Gasteiger partial charge on any atom is 0.0390 e. The minimum absolute atomic E-state index is 0.0283. The van der Waals surface area contributed by atoms with E-state index < -0.39 is 0 Å². The van der Waals surface area contributed by atoms with Gasteiger partial charge in [-0.1, -0.05) is 74.5 Å². The molecule has 4 aromatic carbocycles. The Morgan fingerprint density at radius 3 is 2.14 bits per heavy atom. The van der Waals surface area contributed by atoms with Crippen LogP contribution in [0.1, 0.15) is 36.1 Å². The lowest BCUT2D eigenvalue weighted by Crippen LogP contribution is -2.15. The van der Waals surface area contributed by atoms with Crippen LogP contribution < -0.4 is 5.32 Å². The quantitative estimate of drug-likeness (QED) is 0.342. The van der Waals surface area contributed by atoms with Crippen LogP contribution in [-0.4, -0.2) is 0 Å². The first-order valence-electron chi connectivity index (χ1n) is 10.3. The molecule has 6 rings (SSSR count). The minimum Gasteiger partial charge on any atom is -0.355 e. The molecule has 2 aliphatic carbocycles. The van der Waals surface area contributed by atoms with Gasteiger partial charge in [-0.15, -0.1) is 0 Å². The Morgan fingerprint density at radius 1 is 0.586 bits per heavy atom. The molecule has 0 fully saturated rings. The molecule has 0 unspecified atom stereocenters. The first-order chi connectivity index (χ1) is 14.1. The molecule has 0 aliphatic heterocycles. The molecule has 1 heteroatoms. The highest BCUT2D eigenvalue weighted by atomic mass is 14.9. The standard InChI is InChI=1S/C28H23N/c1-28(2)26-10-6-5-9-23(26)24-14-13-21(17-27(24)28)29-20-12-11-19-15-18-7-3-4-8-22(18)25(19)16-20/h3-14,16-17,29H,15H2,1-2H3. The first-order valence-corrected chi connectivity index (χ1v) is 10.3. The molecule has 0 heterocycles. The van der Waals surface area contributed by atoms with Gasteiger partial charge in [-0.05, 0) is 75.2 Å². The molecule has 140 valence electrons. The summed E-state index contributed by atoms with van der Waals surface area (Å²) in [6.07, 6.45) is 1.04. The van der Waals surface area contributed by atoms with Crippen molar-refractivity contribution in [2.24, 2.45) is 0 Å². The van der Waals surface area contributed by atoms with Gasteiger partial charge >= 0.3 is 0 Å². The summed E-state index contributed by atoms with van der Waals surface area (Å²) in [6, 6.07) is 31.1. The zero-order chi connectivity index (χ0) is 19.6. The van der Waals surface area contributed by atoms with Gasteiger partial charge in [0, 0.05) is 16.8 Å². The average Bonchev–Trinajstić information content (AvgIpc) is 3.21. The van der Waals surface area contributed by atoms with E-state index in [9.17, 15) is 0 Å². The fraction of sp³-hybridized carbons (Fsp3) is 0.143. The zero-order valence-corrected chi connectivity index (χ0v) is 16.8. The summed E-state index contributed by atoms with van der Waals surface area (Å²) in [6.45, 7) is 4.65. The Morgan fingerprint density at radius 2 is 1.24 bits per heavy atom. The third-order valence-corrected chi connectivity index (χ3v) is 6.67. The average molecular weight is 373 g/mol. The number of fused-ring (bicyclic) bond motifs is 6. The Kier molecular flexibility index (Phi) is 3.35. The van der Waals surface area contributed by atoms with Crippen molar-refractivity contribution >= 4 is 11.4 Å². The molecule has 0 bridgehead atoms. The third-order valence-electron chi connectivity index (χ3n) is 6.67. The molecule has 1 nitrogen and oxygen atoms in total. The fourth-order valence-corrected chi connectivity index (χ4v) is 5.15. The summed E-state index contributed by atoms with van der Waals surface area (Å²) in [5, 5.41) is 3.66. The van der Waals surface area contributed by atoms with Crippen molar-refractivity contribution in [2.45, 2.75) is 25.7 Å². The molecular weight excluding hydrogens is 350 g/mol. The van der Waals surface area contributed by atoms with E-state index in [1.807, 2.05) is 0 Å². The van der Waals surface area contributed by atoms with E-state index >= 15 is 0 Å². The van der Waals surface area contributed by atoms with Crippen molar-refractivity contribution in [2.75, 3.05) is 5.32 Å². The van der Waals surface area contributed by atoms with E-state index in [2.05, 4.69) is 104 Å². The van der Waals surface area contributed by atoms with Crippen molar-refractivity contribution in [1.82, 2.24) is 0 Å². The van der Waals surface area contributed by atoms with Crippen LogP contribution in [0.5, 0.6) is 0 Å². The fourth-order valence-electron chi connectivity index (χ4n) is 5.15. The summed E-state index contributed by atoms with van der Waals surface area (Å²) in [5.74, 6) is 0. The topological polar surface area (TPSA) is 12.0 Å². The Labute approximate surface area is 172 Å². The van der Waals surface area contributed by atoms with E-state index in [1.54, 1.807) is 0 Å². The van der Waals surface area contributed by atoms with E-state index in [0.717, 1.165) is 17.8 Å². The van der Waals surface area contributed by atoms with Crippen LogP contribution in [0.2, 0.25) is 0 Å². The van der Waals surface area contributed by atoms with E-state index in [1.165, 1.54) is 44.5 Å². The monoisotopic (exact) mass is 373 g/mol. The second kappa shape index (κ2) is 5.84. The number of benzene rings is 4. The van der Waals surface area contributed by atoms with Gasteiger partial charge in [0.1, 0.15) is 0 Å². The number of nitrogens with one attached hydrogen (secondary N) is 1. The van der Waals surface area contributed by atoms with E-state index in [0.29, 0.717) is 0 Å². The van der Waals surface area contributed by atoms with Gasteiger partial charge in [0.2, 0.25) is 0 Å². The molecule has 29 heavy (non-hydrogen) atoms. The maximum atomic E-state index is 3.66. The van der Waals surface area contributed by atoms with Gasteiger partial charge in [0.05, 0.1) is 0 Å². The summed E-state index contributed by atoms with van der Waals surface area (Å²) in [5.41, 5.74) is 13.4. The summed E-state index contributed by atoms with van der Waals surface area (Å²) < 4.78 is 0. The van der Waals surface area contributed by atoms with Crippen LogP contribution in [0.4, 0.5) is 11.4 Å². The van der Waals surface area contributed by atoms with Crippen molar-refractivity contribution < 1.29 is 0 Å². The van der Waals surface area contributed by atoms with Crippen LogP contribution in [0, 0.1) is 0 Å². The van der Waals surface area contributed by atoms with Crippen LogP contribution in [0.15, 0.2) is 84.9 Å². The molecule has 0 radical (unpaired) electrons. The van der Waals surface area contributed by atoms with E-state index in [-0.39, 0.29) is 5.41 Å². The van der Waals surface area contributed by atoms with Gasteiger partial charge in [0.25, 0.3) is 0 Å². The number of hydrogen-bond acceptors (Lipinski definition) is 1. The molecule has 0 atom stereocenters. The normalized spacial score (nSPS) is 14.7. The third kappa shape index (κ3) is 2.40. The van der Waals surface area contributed by atoms with Gasteiger partial charge in [0.15, 0.2) is 0 Å². The lowest BCUT2D eigenvalue weighted by atomic mass is 9.82. The molecule has 0 saturated carbocycles. The molecule has 1 N–H and O–H groups in total. The SMILES string of the molecule is CC1(C)c2ccccc2-c2ccc(Nc3ccc4c(c3)-c3ccccc3C4)cc21. The molecule has 0 saturated heterocycles. The summed E-state index contributed by atoms with van der Waals surface area (Å²) in [4.78, 5) is 0. The number of anilines is 2. The molecule has 4 aromatic rings. The maximum absolute atomic E-state index is 3.66. The molecular formula is C28H23N. The zero-order valence-electron chi connectivity index (χ0n) is 16.8. The van der Waals surface area contributed by atoms with Gasteiger partial charge < -0.3 is 5.32 Å². The predicted octanol–water partition coefficient (Wildman–Crippen LogP) is 7.31. The highest BCUT2D eigenvalue weighted by Gasteiger charge is 2.35. The van der Waals surface area contributed by atoms with Crippen molar-refractivity contribution in [1.29, 1.82) is 0 Å². The minimum atomic E-state index is 0.0283. The van der Waals surface area contributed by atoms with Crippen molar-refractivity contribution in [3.8, 4) is 22.3 Å². The Bertz CT molecular complexity index is 1280. The second-order valence-corrected chi connectivity index (χ2v) is 8.76. The lowest BCUT2D eigenvalue weighted by Gasteiger charge is -2.22. The van der Waals surface area contributed by atoms with Crippen LogP contribution in [-0.2, 0) is 11.8 Å². The van der Waals surface area contributed by atoms with Gasteiger partial charge in [-0.25, -0.2) is 0 Å². The second-order valence-electron chi connectivity index (χ2n) is 8.76. The highest BCUT2D eigenvalue weighted by Crippen LogP contribution is 2.49. The Balaban J connectivity index is 1.38. The van der Waals surface area contributed by atoms with E-state index in [4.69, 9.17) is 0 Å². The first kappa shape index (κ1) is 16.6. The molecule has 0 amide bonds. The summed E-state index contributed by atoms with van der Waals surface area (Å²) >= 11 is 0. The molecule has 2 aliphatic rings. The van der Waals surface area contributed by atoms with Crippen molar-refractivity contribution in [3.05, 3.63) is 107 Å². The molecule has 0 spiro atoms. The van der Waals surface area contributed by atoms with Crippen LogP contribution in [0.3, 0.4) is 0 Å². The highest BCUT2D eigenvalue weighted by molar-refractivity contribution is 5.84. The predicted molar refractivity (Wildman–Crippen MR) is 122 cm³/mol. The lowest BCUT2D eigenvalue weighted by molar-refractivity contribution is 0.660. The van der Waals surface area contributed by atoms with Crippen LogP contribution >= 0.6 is 0 Å². The summed E-state index contributed by atoms with van der Waals surface area (Å²) in [7, 11) is 0. The Hall–Kier alpha value is -3.32.